The van der Waals surface area contributed by atoms with Crippen LogP contribution in [0, 0.1) is 0 Å². The van der Waals surface area contributed by atoms with Crippen molar-refractivity contribution in [1.82, 2.24) is 4.90 Å². The van der Waals surface area contributed by atoms with Crippen LogP contribution in [0.25, 0.3) is 0 Å². The SMILES string of the molecule is Cl.O=C(O)C1CCCN1CC(=O)N1CCSc2ccccc21. The second-order valence-corrected chi connectivity index (χ2v) is 6.47. The molecule has 1 atom stereocenters. The number of carboxylic acid groups (broad SMARTS) is 1. The number of aliphatic carboxylic acids is 1. The van der Waals surface area contributed by atoms with Gasteiger partial charge in [0.25, 0.3) is 0 Å². The van der Waals surface area contributed by atoms with Gasteiger partial charge >= 0.3 is 5.97 Å². The van der Waals surface area contributed by atoms with Crippen molar-refractivity contribution in [3.05, 3.63) is 24.3 Å². The second kappa shape index (κ2) is 7.35. The summed E-state index contributed by atoms with van der Waals surface area (Å²) in [5, 5.41) is 9.19. The van der Waals surface area contributed by atoms with Crippen LogP contribution in [0.15, 0.2) is 29.2 Å². The minimum atomic E-state index is -0.824. The highest BCUT2D eigenvalue weighted by atomic mass is 35.5. The van der Waals surface area contributed by atoms with Gasteiger partial charge < -0.3 is 10.0 Å². The first-order valence-electron chi connectivity index (χ1n) is 7.16. The average Bonchev–Trinajstić information content (AvgIpc) is 2.95. The molecule has 2 aliphatic heterocycles. The van der Waals surface area contributed by atoms with Crippen molar-refractivity contribution in [3.63, 3.8) is 0 Å². The Bertz CT molecular complexity index is 569. The van der Waals surface area contributed by atoms with E-state index in [0.717, 1.165) is 22.8 Å². The molecule has 0 radical (unpaired) electrons. The molecule has 5 nitrogen and oxygen atoms in total. The maximum absolute atomic E-state index is 12.6. The van der Waals surface area contributed by atoms with Crippen LogP contribution < -0.4 is 4.90 Å². The first-order chi connectivity index (χ1) is 10.2. The Morgan fingerprint density at radius 1 is 1.27 bits per heavy atom. The number of fused-ring (bicyclic) bond motifs is 1. The van der Waals surface area contributed by atoms with Gasteiger partial charge in [-0.3, -0.25) is 14.5 Å². The highest BCUT2D eigenvalue weighted by Crippen LogP contribution is 2.34. The maximum atomic E-state index is 12.6. The lowest BCUT2D eigenvalue weighted by Gasteiger charge is -2.31. The summed E-state index contributed by atoms with van der Waals surface area (Å²) in [6.07, 6.45) is 1.48. The van der Waals surface area contributed by atoms with Crippen molar-refractivity contribution < 1.29 is 14.7 Å². The molecular weight excluding hydrogens is 324 g/mol. The van der Waals surface area contributed by atoms with Gasteiger partial charge in [-0.2, -0.15) is 0 Å². The molecule has 0 bridgehead atoms. The zero-order chi connectivity index (χ0) is 14.8. The molecule has 0 saturated carbocycles. The minimum absolute atomic E-state index is 0. The summed E-state index contributed by atoms with van der Waals surface area (Å²) in [5.41, 5.74) is 0.949. The quantitative estimate of drug-likeness (QED) is 0.911. The summed E-state index contributed by atoms with van der Waals surface area (Å²) in [6.45, 7) is 1.56. The summed E-state index contributed by atoms with van der Waals surface area (Å²) in [5.74, 6) is 0.0521. The lowest BCUT2D eigenvalue weighted by atomic mass is 10.2. The number of rotatable bonds is 3. The fraction of sp³-hybridized carbons (Fsp3) is 0.467. The lowest BCUT2D eigenvalue weighted by Crippen LogP contribution is -2.46. The van der Waals surface area contributed by atoms with Crippen LogP contribution in [0.3, 0.4) is 0 Å². The van der Waals surface area contributed by atoms with Crippen LogP contribution in [0.5, 0.6) is 0 Å². The molecule has 0 aliphatic carbocycles. The molecule has 120 valence electrons. The molecule has 1 aromatic rings. The topological polar surface area (TPSA) is 60.9 Å². The minimum Gasteiger partial charge on any atom is -0.480 e. The number of carbonyl (C=O) groups excluding carboxylic acids is 1. The molecule has 2 aliphatic rings. The highest BCUT2D eigenvalue weighted by Gasteiger charge is 2.33. The molecule has 7 heteroatoms. The van der Waals surface area contributed by atoms with Crippen molar-refractivity contribution >= 4 is 41.7 Å². The van der Waals surface area contributed by atoms with Crippen molar-refractivity contribution in [2.75, 3.05) is 30.3 Å². The summed E-state index contributed by atoms with van der Waals surface area (Å²) in [6, 6.07) is 7.37. The van der Waals surface area contributed by atoms with E-state index in [4.69, 9.17) is 0 Å². The molecule has 1 aromatic carbocycles. The predicted octanol–water partition coefficient (Wildman–Crippen LogP) is 2.10. The number of anilines is 1. The van der Waals surface area contributed by atoms with Gasteiger partial charge in [0.2, 0.25) is 5.91 Å². The van der Waals surface area contributed by atoms with E-state index in [1.807, 2.05) is 24.3 Å². The van der Waals surface area contributed by atoms with Gasteiger partial charge in [-0.1, -0.05) is 12.1 Å². The Labute approximate surface area is 140 Å². The Morgan fingerprint density at radius 3 is 2.82 bits per heavy atom. The summed E-state index contributed by atoms with van der Waals surface area (Å²) >= 11 is 1.76. The van der Waals surface area contributed by atoms with Crippen molar-refractivity contribution in [3.8, 4) is 0 Å². The molecule has 22 heavy (non-hydrogen) atoms. The van der Waals surface area contributed by atoms with Crippen LogP contribution in [-0.2, 0) is 9.59 Å². The average molecular weight is 343 g/mol. The van der Waals surface area contributed by atoms with Crippen LogP contribution in [0.1, 0.15) is 12.8 Å². The molecule has 1 fully saturated rings. The van der Waals surface area contributed by atoms with E-state index in [2.05, 4.69) is 0 Å². The van der Waals surface area contributed by atoms with E-state index in [1.54, 1.807) is 21.6 Å². The molecule has 1 N–H and O–H groups in total. The fourth-order valence-corrected chi connectivity index (χ4v) is 3.98. The number of amides is 1. The van der Waals surface area contributed by atoms with Gasteiger partial charge in [-0.15, -0.1) is 24.2 Å². The highest BCUT2D eigenvalue weighted by molar-refractivity contribution is 7.99. The van der Waals surface area contributed by atoms with Crippen molar-refractivity contribution in [2.24, 2.45) is 0 Å². The van der Waals surface area contributed by atoms with Crippen LogP contribution in [-0.4, -0.2) is 53.3 Å². The molecule has 0 spiro atoms. The first-order valence-corrected chi connectivity index (χ1v) is 8.14. The van der Waals surface area contributed by atoms with Gasteiger partial charge in [0.15, 0.2) is 0 Å². The number of para-hydroxylation sites is 1. The zero-order valence-corrected chi connectivity index (χ0v) is 13.7. The summed E-state index contributed by atoms with van der Waals surface area (Å²) in [4.78, 5) is 28.5. The van der Waals surface area contributed by atoms with Gasteiger partial charge in [0.1, 0.15) is 6.04 Å². The third kappa shape index (κ3) is 3.39. The third-order valence-electron chi connectivity index (χ3n) is 4.02. The number of hydrogen-bond donors (Lipinski definition) is 1. The number of carboxylic acids is 1. The van der Waals surface area contributed by atoms with E-state index in [0.29, 0.717) is 19.5 Å². The van der Waals surface area contributed by atoms with Gasteiger partial charge in [0.05, 0.1) is 12.2 Å². The van der Waals surface area contributed by atoms with Crippen LogP contribution >= 0.6 is 24.2 Å². The summed E-state index contributed by atoms with van der Waals surface area (Å²) in [7, 11) is 0. The lowest BCUT2D eigenvalue weighted by molar-refractivity contribution is -0.142. The number of nitrogens with zero attached hydrogens (tertiary/aromatic N) is 2. The Kier molecular flexibility index (Phi) is 5.72. The number of halogens is 1. The summed E-state index contributed by atoms with van der Waals surface area (Å²) < 4.78 is 0. The van der Waals surface area contributed by atoms with Crippen molar-refractivity contribution in [1.29, 1.82) is 0 Å². The Hall–Kier alpha value is -1.24. The number of hydrogen-bond acceptors (Lipinski definition) is 4. The van der Waals surface area contributed by atoms with E-state index in [9.17, 15) is 14.7 Å². The molecule has 1 amide bonds. The van der Waals surface area contributed by atoms with Gasteiger partial charge in [-0.25, -0.2) is 0 Å². The van der Waals surface area contributed by atoms with Crippen molar-refractivity contribution in [2.45, 2.75) is 23.8 Å². The fourth-order valence-electron chi connectivity index (χ4n) is 2.98. The van der Waals surface area contributed by atoms with Crippen LogP contribution in [0.2, 0.25) is 0 Å². The Morgan fingerprint density at radius 2 is 2.05 bits per heavy atom. The van der Waals surface area contributed by atoms with E-state index >= 15 is 0 Å². The largest absolute Gasteiger partial charge is 0.480 e. The van der Waals surface area contributed by atoms with Gasteiger partial charge in [0, 0.05) is 17.2 Å². The predicted molar refractivity (Wildman–Crippen MR) is 89.0 cm³/mol. The standard InChI is InChI=1S/C15H18N2O3S.ClH/c18-14(10-16-7-3-5-12(16)15(19)20)17-8-9-21-13-6-2-1-4-11(13)17;/h1-2,4,6,12H,3,5,7-10H2,(H,19,20);1H. The van der Waals surface area contributed by atoms with E-state index in [1.165, 1.54) is 0 Å². The third-order valence-corrected chi connectivity index (χ3v) is 5.06. The number of carbonyl (C=O) groups is 2. The molecular formula is C15H19ClN2O3S. The monoisotopic (exact) mass is 342 g/mol. The first kappa shape index (κ1) is 17.1. The van der Waals surface area contributed by atoms with E-state index in [-0.39, 0.29) is 24.9 Å². The molecule has 2 heterocycles. The smallest absolute Gasteiger partial charge is 0.320 e. The number of thioether (sulfide) groups is 1. The second-order valence-electron chi connectivity index (χ2n) is 5.33. The normalized spacial score (nSPS) is 21.1. The molecule has 0 aromatic heterocycles. The number of benzene rings is 1. The molecule has 1 unspecified atom stereocenters. The maximum Gasteiger partial charge on any atom is 0.320 e. The molecule has 3 rings (SSSR count). The Balaban J connectivity index is 0.00000176. The van der Waals surface area contributed by atoms with Gasteiger partial charge in [-0.05, 0) is 31.5 Å². The molecule has 1 saturated heterocycles. The zero-order valence-electron chi connectivity index (χ0n) is 12.1. The van der Waals surface area contributed by atoms with Crippen LogP contribution in [0.4, 0.5) is 5.69 Å². The number of likely N-dealkylation sites (tertiary alicyclic amines) is 1. The van der Waals surface area contributed by atoms with E-state index < -0.39 is 12.0 Å².